The number of hydrogen-bond donors (Lipinski definition) is 1. The monoisotopic (exact) mass is 556 g/mol. The Morgan fingerprint density at radius 1 is 0.971 bits per heavy atom. The van der Waals surface area contributed by atoms with Gasteiger partial charge in [0.25, 0.3) is 5.91 Å². The first kappa shape index (κ1) is 26.8. The van der Waals surface area contributed by atoms with E-state index in [2.05, 4.69) is 21.2 Å². The minimum absolute atomic E-state index is 0.205. The number of rotatable bonds is 9. The Balaban J connectivity index is 1.92. The van der Waals surface area contributed by atoms with Crippen molar-refractivity contribution in [1.82, 2.24) is 10.2 Å². The summed E-state index contributed by atoms with van der Waals surface area (Å²) in [4.78, 5) is 28.7. The Hall–Kier alpha value is -2.83. The predicted molar refractivity (Wildman–Crippen MR) is 143 cm³/mol. The van der Waals surface area contributed by atoms with Crippen LogP contribution in [0.5, 0.6) is 5.75 Å². The van der Waals surface area contributed by atoms with E-state index in [4.69, 9.17) is 16.3 Å². The summed E-state index contributed by atoms with van der Waals surface area (Å²) in [5, 5.41) is 3.64. The first-order valence-electron chi connectivity index (χ1n) is 11.4. The maximum absolute atomic E-state index is 13.6. The first-order chi connectivity index (χ1) is 16.6. The number of benzene rings is 3. The van der Waals surface area contributed by atoms with Gasteiger partial charge in [-0.15, -0.1) is 0 Å². The van der Waals surface area contributed by atoms with Gasteiger partial charge in [-0.3, -0.25) is 9.59 Å². The molecule has 3 aromatic rings. The lowest BCUT2D eigenvalue weighted by atomic mass is 10.0. The van der Waals surface area contributed by atoms with Gasteiger partial charge in [0.05, 0.1) is 0 Å². The molecule has 0 spiro atoms. The standard InChI is InChI=1S/C28H30BrClN2O3/c1-28(2,3)31-27(34)25(17-20-8-5-4-6-9-20)32(18-21-10-7-11-22(29)16-21)26(33)19-35-24-14-12-23(30)13-15-24/h4-16,25H,17-19H2,1-3H3,(H,31,34). The van der Waals surface area contributed by atoms with E-state index in [-0.39, 0.29) is 25.0 Å². The van der Waals surface area contributed by atoms with Crippen LogP contribution >= 0.6 is 27.5 Å². The maximum Gasteiger partial charge on any atom is 0.261 e. The second-order valence-corrected chi connectivity index (χ2v) is 10.7. The normalized spacial score (nSPS) is 12.0. The zero-order chi connectivity index (χ0) is 25.4. The average molecular weight is 558 g/mol. The third-order valence-corrected chi connectivity index (χ3v) is 5.93. The first-order valence-corrected chi connectivity index (χ1v) is 12.6. The molecule has 0 bridgehead atoms. The van der Waals surface area contributed by atoms with Crippen LogP contribution in [0, 0.1) is 0 Å². The molecule has 184 valence electrons. The number of carbonyl (C=O) groups is 2. The van der Waals surface area contributed by atoms with Gasteiger partial charge < -0.3 is 15.0 Å². The third kappa shape index (κ3) is 8.71. The molecule has 0 heterocycles. The summed E-state index contributed by atoms with van der Waals surface area (Å²) in [5.74, 6) is 0.0324. The van der Waals surface area contributed by atoms with Crippen LogP contribution in [0.15, 0.2) is 83.3 Å². The maximum atomic E-state index is 13.6. The fraction of sp³-hybridized carbons (Fsp3) is 0.286. The Morgan fingerprint density at radius 3 is 2.26 bits per heavy atom. The summed E-state index contributed by atoms with van der Waals surface area (Å²) in [5.41, 5.74) is 1.42. The highest BCUT2D eigenvalue weighted by Gasteiger charge is 2.32. The molecule has 1 atom stereocenters. The molecule has 0 aliphatic carbocycles. The van der Waals surface area contributed by atoms with Gasteiger partial charge >= 0.3 is 0 Å². The van der Waals surface area contributed by atoms with Crippen molar-refractivity contribution in [1.29, 1.82) is 0 Å². The Bertz CT molecular complexity index is 1130. The number of carbonyl (C=O) groups excluding carboxylic acids is 2. The summed E-state index contributed by atoms with van der Waals surface area (Å²) >= 11 is 9.45. The molecule has 0 saturated carbocycles. The van der Waals surface area contributed by atoms with Crippen LogP contribution in [0.1, 0.15) is 31.9 Å². The third-order valence-electron chi connectivity index (χ3n) is 5.19. The molecule has 2 amide bonds. The van der Waals surface area contributed by atoms with Gasteiger partial charge in [0.15, 0.2) is 6.61 Å². The molecule has 0 aliphatic heterocycles. The molecule has 35 heavy (non-hydrogen) atoms. The quantitative estimate of drug-likeness (QED) is 0.349. The van der Waals surface area contributed by atoms with E-state index in [1.807, 2.05) is 75.4 Å². The highest BCUT2D eigenvalue weighted by Crippen LogP contribution is 2.20. The Kier molecular flexibility index (Phi) is 9.35. The molecule has 0 aromatic heterocycles. The summed E-state index contributed by atoms with van der Waals surface area (Å²) < 4.78 is 6.66. The topological polar surface area (TPSA) is 58.6 Å². The average Bonchev–Trinajstić information content (AvgIpc) is 2.80. The van der Waals surface area contributed by atoms with Gasteiger partial charge in [-0.25, -0.2) is 0 Å². The van der Waals surface area contributed by atoms with Crippen molar-refractivity contribution in [2.45, 2.75) is 45.3 Å². The second kappa shape index (κ2) is 12.2. The minimum atomic E-state index is -0.725. The molecule has 1 unspecified atom stereocenters. The molecular formula is C28H30BrClN2O3. The minimum Gasteiger partial charge on any atom is -0.484 e. The molecule has 1 N–H and O–H groups in total. The molecule has 0 saturated heterocycles. The number of ether oxygens (including phenoxy) is 1. The molecule has 5 nitrogen and oxygen atoms in total. The number of amides is 2. The van der Waals surface area contributed by atoms with Crippen molar-refractivity contribution in [3.05, 3.63) is 99.5 Å². The number of nitrogens with zero attached hydrogens (tertiary/aromatic N) is 1. The van der Waals surface area contributed by atoms with Crippen LogP contribution in [0.3, 0.4) is 0 Å². The molecule has 3 aromatic carbocycles. The lowest BCUT2D eigenvalue weighted by Crippen LogP contribution is -2.55. The SMILES string of the molecule is CC(C)(C)NC(=O)C(Cc1ccccc1)N(Cc1cccc(Br)c1)C(=O)COc1ccc(Cl)cc1. The van der Waals surface area contributed by atoms with Crippen molar-refractivity contribution in [2.24, 2.45) is 0 Å². The second-order valence-electron chi connectivity index (χ2n) is 9.34. The van der Waals surface area contributed by atoms with Crippen molar-refractivity contribution >= 4 is 39.3 Å². The Labute approximate surface area is 220 Å². The van der Waals surface area contributed by atoms with Crippen molar-refractivity contribution in [2.75, 3.05) is 6.61 Å². The summed E-state index contributed by atoms with van der Waals surface area (Å²) in [6.07, 6.45) is 0.378. The van der Waals surface area contributed by atoms with E-state index in [0.717, 1.165) is 15.6 Å². The van der Waals surface area contributed by atoms with Crippen LogP contribution in [0.25, 0.3) is 0 Å². The highest BCUT2D eigenvalue weighted by molar-refractivity contribution is 9.10. The number of nitrogens with one attached hydrogen (secondary N) is 1. The van der Waals surface area contributed by atoms with E-state index in [9.17, 15) is 9.59 Å². The molecule has 0 fully saturated rings. The fourth-order valence-corrected chi connectivity index (χ4v) is 4.17. The molecule has 0 aliphatic rings. The lowest BCUT2D eigenvalue weighted by Gasteiger charge is -2.33. The number of hydrogen-bond acceptors (Lipinski definition) is 3. The van der Waals surface area contributed by atoms with Crippen LogP contribution in [0.4, 0.5) is 0 Å². The highest BCUT2D eigenvalue weighted by atomic mass is 79.9. The Morgan fingerprint density at radius 2 is 1.63 bits per heavy atom. The van der Waals surface area contributed by atoms with E-state index in [1.165, 1.54) is 0 Å². The molecule has 7 heteroatoms. The van der Waals surface area contributed by atoms with Gasteiger partial charge in [-0.1, -0.05) is 70.0 Å². The lowest BCUT2D eigenvalue weighted by molar-refractivity contribution is -0.143. The predicted octanol–water partition coefficient (Wildman–Crippen LogP) is 6.04. The van der Waals surface area contributed by atoms with Crippen LogP contribution in [-0.4, -0.2) is 34.9 Å². The van der Waals surface area contributed by atoms with Crippen molar-refractivity contribution in [3.63, 3.8) is 0 Å². The smallest absolute Gasteiger partial charge is 0.261 e. The van der Waals surface area contributed by atoms with Gasteiger partial charge in [-0.05, 0) is 68.3 Å². The van der Waals surface area contributed by atoms with E-state index in [0.29, 0.717) is 17.2 Å². The van der Waals surface area contributed by atoms with Crippen LogP contribution in [0.2, 0.25) is 5.02 Å². The molecular weight excluding hydrogens is 528 g/mol. The summed E-state index contributed by atoms with van der Waals surface area (Å²) in [6, 6.07) is 23.5. The zero-order valence-corrected chi connectivity index (χ0v) is 22.5. The van der Waals surface area contributed by atoms with Crippen LogP contribution < -0.4 is 10.1 Å². The van der Waals surface area contributed by atoms with Gasteiger partial charge in [-0.2, -0.15) is 0 Å². The summed E-state index contributed by atoms with van der Waals surface area (Å²) in [7, 11) is 0. The van der Waals surface area contributed by atoms with Crippen LogP contribution in [-0.2, 0) is 22.6 Å². The van der Waals surface area contributed by atoms with E-state index >= 15 is 0 Å². The zero-order valence-electron chi connectivity index (χ0n) is 20.1. The van der Waals surface area contributed by atoms with Crippen molar-refractivity contribution < 1.29 is 14.3 Å². The number of halogens is 2. The summed E-state index contributed by atoms with van der Waals surface area (Å²) in [6.45, 7) is 5.83. The van der Waals surface area contributed by atoms with E-state index < -0.39 is 11.6 Å². The van der Waals surface area contributed by atoms with E-state index in [1.54, 1.807) is 29.2 Å². The van der Waals surface area contributed by atoms with Gasteiger partial charge in [0.1, 0.15) is 11.8 Å². The largest absolute Gasteiger partial charge is 0.484 e. The molecule has 0 radical (unpaired) electrons. The van der Waals surface area contributed by atoms with Crippen molar-refractivity contribution in [3.8, 4) is 5.75 Å². The van der Waals surface area contributed by atoms with Gasteiger partial charge in [0, 0.05) is 28.0 Å². The fourth-order valence-electron chi connectivity index (χ4n) is 3.60. The van der Waals surface area contributed by atoms with Gasteiger partial charge in [0.2, 0.25) is 5.91 Å². The molecule has 3 rings (SSSR count).